The minimum Gasteiger partial charge on any atom is -0.497 e. The summed E-state index contributed by atoms with van der Waals surface area (Å²) in [5, 5.41) is 2.09. The number of aromatic nitrogens is 1. The first-order valence-corrected chi connectivity index (χ1v) is 6.61. The van der Waals surface area contributed by atoms with Crippen LogP contribution in [0.1, 0.15) is 0 Å². The fraction of sp³-hybridized carbons (Fsp3) is 0.0667. The lowest BCUT2D eigenvalue weighted by molar-refractivity contribution is 0.415. The third kappa shape index (κ3) is 2.05. The summed E-state index contributed by atoms with van der Waals surface area (Å²) in [5.41, 5.74) is 3.52. The number of thiophene rings is 1. The van der Waals surface area contributed by atoms with Crippen LogP contribution >= 0.6 is 11.3 Å². The average molecular weight is 255 g/mol. The lowest BCUT2D eigenvalue weighted by Crippen LogP contribution is -1.82. The number of H-pyrrole nitrogens is 1. The zero-order chi connectivity index (χ0) is 12.4. The van der Waals surface area contributed by atoms with Gasteiger partial charge in [-0.05, 0) is 47.3 Å². The lowest BCUT2D eigenvalue weighted by Gasteiger charge is -2.01. The van der Waals surface area contributed by atoms with Crippen LogP contribution in [0.2, 0.25) is 0 Å². The maximum Gasteiger partial charge on any atom is 0.118 e. The number of hydrogen-bond acceptors (Lipinski definition) is 2. The number of methoxy groups -OCH3 is 1. The van der Waals surface area contributed by atoms with E-state index in [2.05, 4.69) is 40.7 Å². The molecule has 0 fully saturated rings. The van der Waals surface area contributed by atoms with E-state index >= 15 is 0 Å². The van der Waals surface area contributed by atoms with Crippen LogP contribution in [0, 0.1) is 0 Å². The zero-order valence-corrected chi connectivity index (χ0v) is 10.8. The van der Waals surface area contributed by atoms with Crippen molar-refractivity contribution in [2.24, 2.45) is 0 Å². The average Bonchev–Trinajstić information content (AvgIpc) is 3.09. The molecule has 0 radical (unpaired) electrons. The fourth-order valence-corrected chi connectivity index (χ4v) is 2.63. The quantitative estimate of drug-likeness (QED) is 0.736. The summed E-state index contributed by atoms with van der Waals surface area (Å²) in [6.45, 7) is 0. The van der Waals surface area contributed by atoms with Gasteiger partial charge in [-0.25, -0.2) is 0 Å². The monoisotopic (exact) mass is 255 g/mol. The SMILES string of the molecule is COc1ccc(-c2cc(-c3cccs3)c[nH]2)cc1. The molecule has 18 heavy (non-hydrogen) atoms. The smallest absolute Gasteiger partial charge is 0.118 e. The Balaban J connectivity index is 1.92. The molecule has 0 bridgehead atoms. The standard InChI is InChI=1S/C15H13NOS/c1-17-13-6-4-11(5-7-13)14-9-12(10-16-14)15-3-2-8-18-15/h2-10,16H,1H3. The van der Waals surface area contributed by atoms with Crippen LogP contribution in [0.5, 0.6) is 5.75 Å². The van der Waals surface area contributed by atoms with Gasteiger partial charge in [0.05, 0.1) is 7.11 Å². The van der Waals surface area contributed by atoms with Crippen molar-refractivity contribution in [2.75, 3.05) is 7.11 Å². The molecule has 0 amide bonds. The van der Waals surface area contributed by atoms with Crippen LogP contribution in [0.3, 0.4) is 0 Å². The molecule has 0 aliphatic carbocycles. The Labute approximate surface area is 110 Å². The number of hydrogen-bond donors (Lipinski definition) is 1. The number of rotatable bonds is 3. The third-order valence-electron chi connectivity index (χ3n) is 2.89. The number of ether oxygens (including phenoxy) is 1. The number of aromatic amines is 1. The van der Waals surface area contributed by atoms with Crippen LogP contribution in [0.15, 0.2) is 54.0 Å². The Morgan fingerprint density at radius 3 is 2.56 bits per heavy atom. The van der Waals surface area contributed by atoms with E-state index in [4.69, 9.17) is 4.74 Å². The van der Waals surface area contributed by atoms with Gasteiger partial charge >= 0.3 is 0 Å². The number of nitrogens with one attached hydrogen (secondary N) is 1. The molecule has 2 heterocycles. The van der Waals surface area contributed by atoms with E-state index in [0.29, 0.717) is 0 Å². The second kappa shape index (κ2) is 4.70. The maximum atomic E-state index is 5.16. The van der Waals surface area contributed by atoms with Crippen LogP contribution in [-0.2, 0) is 0 Å². The lowest BCUT2D eigenvalue weighted by atomic mass is 10.1. The summed E-state index contributed by atoms with van der Waals surface area (Å²) in [6, 6.07) is 14.4. The Morgan fingerprint density at radius 2 is 1.89 bits per heavy atom. The van der Waals surface area contributed by atoms with Crippen molar-refractivity contribution in [2.45, 2.75) is 0 Å². The first-order chi connectivity index (χ1) is 8.86. The van der Waals surface area contributed by atoms with Gasteiger partial charge in [-0.1, -0.05) is 6.07 Å². The molecular weight excluding hydrogens is 242 g/mol. The van der Waals surface area contributed by atoms with Crippen molar-refractivity contribution in [3.63, 3.8) is 0 Å². The van der Waals surface area contributed by atoms with Gasteiger partial charge in [0.25, 0.3) is 0 Å². The molecule has 90 valence electrons. The molecule has 0 unspecified atom stereocenters. The van der Waals surface area contributed by atoms with E-state index in [-0.39, 0.29) is 0 Å². The fourth-order valence-electron chi connectivity index (χ4n) is 1.92. The first kappa shape index (κ1) is 11.1. The van der Waals surface area contributed by atoms with Crippen LogP contribution in [-0.4, -0.2) is 12.1 Å². The van der Waals surface area contributed by atoms with Crippen molar-refractivity contribution in [1.29, 1.82) is 0 Å². The molecule has 2 aromatic heterocycles. The highest BCUT2D eigenvalue weighted by molar-refractivity contribution is 7.13. The molecule has 0 saturated carbocycles. The summed E-state index contributed by atoms with van der Waals surface area (Å²) in [7, 11) is 1.68. The van der Waals surface area contributed by atoms with E-state index in [1.807, 2.05) is 18.3 Å². The zero-order valence-electron chi connectivity index (χ0n) is 10.0. The molecule has 2 nitrogen and oxygen atoms in total. The molecule has 3 rings (SSSR count). The highest BCUT2D eigenvalue weighted by atomic mass is 32.1. The largest absolute Gasteiger partial charge is 0.497 e. The number of benzene rings is 1. The summed E-state index contributed by atoms with van der Waals surface area (Å²) >= 11 is 1.75. The minimum atomic E-state index is 0.879. The Hall–Kier alpha value is -2.00. The molecule has 1 aromatic carbocycles. The minimum absolute atomic E-state index is 0.879. The van der Waals surface area contributed by atoms with Crippen molar-refractivity contribution < 1.29 is 4.74 Å². The molecule has 3 aromatic rings. The topological polar surface area (TPSA) is 25.0 Å². The van der Waals surface area contributed by atoms with Crippen LogP contribution < -0.4 is 4.74 Å². The Bertz CT molecular complexity index is 623. The van der Waals surface area contributed by atoms with E-state index in [1.165, 1.54) is 16.0 Å². The van der Waals surface area contributed by atoms with Gasteiger partial charge in [-0.15, -0.1) is 11.3 Å². The maximum absolute atomic E-state index is 5.16. The van der Waals surface area contributed by atoms with Gasteiger partial charge in [-0.2, -0.15) is 0 Å². The van der Waals surface area contributed by atoms with Crippen molar-refractivity contribution in [3.8, 4) is 27.4 Å². The van der Waals surface area contributed by atoms with Crippen LogP contribution in [0.4, 0.5) is 0 Å². The predicted molar refractivity (Wildman–Crippen MR) is 76.1 cm³/mol. The molecule has 0 aliphatic rings. The van der Waals surface area contributed by atoms with E-state index in [1.54, 1.807) is 18.4 Å². The molecule has 0 aliphatic heterocycles. The van der Waals surface area contributed by atoms with E-state index < -0.39 is 0 Å². The van der Waals surface area contributed by atoms with Gasteiger partial charge in [0.1, 0.15) is 5.75 Å². The second-order valence-corrected chi connectivity index (χ2v) is 4.96. The second-order valence-electron chi connectivity index (χ2n) is 4.01. The molecule has 0 saturated heterocycles. The molecule has 3 heteroatoms. The molecule has 1 N–H and O–H groups in total. The Morgan fingerprint density at radius 1 is 1.06 bits per heavy atom. The normalized spacial score (nSPS) is 10.5. The predicted octanol–water partition coefficient (Wildman–Crippen LogP) is 4.42. The van der Waals surface area contributed by atoms with Gasteiger partial charge in [0.2, 0.25) is 0 Å². The van der Waals surface area contributed by atoms with Gasteiger partial charge in [0.15, 0.2) is 0 Å². The van der Waals surface area contributed by atoms with Crippen molar-refractivity contribution in [1.82, 2.24) is 4.98 Å². The third-order valence-corrected chi connectivity index (χ3v) is 3.81. The van der Waals surface area contributed by atoms with Crippen molar-refractivity contribution in [3.05, 3.63) is 54.0 Å². The summed E-state index contributed by atoms with van der Waals surface area (Å²) < 4.78 is 5.16. The molecular formula is C15H13NOS. The van der Waals surface area contributed by atoms with Gasteiger partial charge in [-0.3, -0.25) is 0 Å². The van der Waals surface area contributed by atoms with Crippen molar-refractivity contribution >= 4 is 11.3 Å². The molecule has 0 atom stereocenters. The summed E-state index contributed by atoms with van der Waals surface area (Å²) in [5.74, 6) is 0.879. The van der Waals surface area contributed by atoms with Gasteiger partial charge < -0.3 is 9.72 Å². The first-order valence-electron chi connectivity index (χ1n) is 5.73. The summed E-state index contributed by atoms with van der Waals surface area (Å²) in [4.78, 5) is 4.60. The van der Waals surface area contributed by atoms with Gasteiger partial charge in [0, 0.05) is 22.3 Å². The van der Waals surface area contributed by atoms with E-state index in [0.717, 1.165) is 11.4 Å². The molecule has 0 spiro atoms. The van der Waals surface area contributed by atoms with Crippen LogP contribution in [0.25, 0.3) is 21.7 Å². The van der Waals surface area contributed by atoms with E-state index in [9.17, 15) is 0 Å². The highest BCUT2D eigenvalue weighted by Gasteiger charge is 2.04. The Kier molecular flexibility index (Phi) is 2.90. The highest BCUT2D eigenvalue weighted by Crippen LogP contribution is 2.29. The summed E-state index contributed by atoms with van der Waals surface area (Å²) in [6.07, 6.45) is 2.05.